The highest BCUT2D eigenvalue weighted by Gasteiger charge is 2.51. The molecule has 186 valence electrons. The Morgan fingerprint density at radius 2 is 1.76 bits per heavy atom. The van der Waals surface area contributed by atoms with Gasteiger partial charge in [-0.1, -0.05) is 17.7 Å². The Balaban J connectivity index is 1.24. The molecule has 2 N–H and O–H groups in total. The number of piperidine rings is 1. The van der Waals surface area contributed by atoms with Gasteiger partial charge >= 0.3 is 6.03 Å². The Labute approximate surface area is 216 Å². The van der Waals surface area contributed by atoms with Crippen LogP contribution in [-0.4, -0.2) is 50.9 Å². The number of halogens is 1. The molecular weight excluding hydrogens is 494 g/mol. The van der Waals surface area contributed by atoms with Crippen LogP contribution in [0.5, 0.6) is 0 Å². The van der Waals surface area contributed by atoms with E-state index in [0.717, 1.165) is 15.8 Å². The Bertz CT molecular complexity index is 1610. The van der Waals surface area contributed by atoms with Crippen LogP contribution in [0.15, 0.2) is 77.7 Å². The second-order valence-electron chi connectivity index (χ2n) is 9.16. The van der Waals surface area contributed by atoms with Gasteiger partial charge in [0, 0.05) is 40.4 Å². The second kappa shape index (κ2) is 8.94. The van der Waals surface area contributed by atoms with Crippen molar-refractivity contribution in [2.75, 3.05) is 11.4 Å². The number of rotatable bonds is 4. The summed E-state index contributed by atoms with van der Waals surface area (Å²) in [5.41, 5.74) is 1.98. The van der Waals surface area contributed by atoms with Gasteiger partial charge in [-0.15, -0.1) is 0 Å². The number of aromatic nitrogens is 2. The highest BCUT2D eigenvalue weighted by atomic mass is 35.5. The first-order valence-electron chi connectivity index (χ1n) is 11.9. The van der Waals surface area contributed by atoms with E-state index in [0.29, 0.717) is 41.5 Å². The average molecular weight is 516 g/mol. The zero-order valence-electron chi connectivity index (χ0n) is 19.6. The summed E-state index contributed by atoms with van der Waals surface area (Å²) in [6.07, 6.45) is 2.88. The fourth-order valence-electron chi connectivity index (χ4n) is 5.13. The van der Waals surface area contributed by atoms with Gasteiger partial charge in [0.2, 0.25) is 0 Å². The molecule has 4 aromatic rings. The molecule has 37 heavy (non-hydrogen) atoms. The number of carbonyl (C=O) groups excluding carboxylic acids is 3. The molecule has 10 heteroatoms. The fourth-order valence-corrected chi connectivity index (χ4v) is 5.32. The predicted molar refractivity (Wildman–Crippen MR) is 139 cm³/mol. The van der Waals surface area contributed by atoms with Crippen LogP contribution in [-0.2, 0) is 4.79 Å². The van der Waals surface area contributed by atoms with E-state index in [1.807, 2.05) is 0 Å². The first kappa shape index (κ1) is 23.1. The molecule has 0 bridgehead atoms. The number of H-pyrrole nitrogens is 1. The third-order valence-electron chi connectivity index (χ3n) is 6.89. The van der Waals surface area contributed by atoms with E-state index >= 15 is 0 Å². The van der Waals surface area contributed by atoms with Crippen molar-refractivity contribution in [3.05, 3.63) is 94.0 Å². The van der Waals surface area contributed by atoms with Gasteiger partial charge in [0.15, 0.2) is 0 Å². The minimum Gasteiger partial charge on any atom is -0.351 e. The van der Waals surface area contributed by atoms with E-state index in [4.69, 9.17) is 11.6 Å². The highest BCUT2D eigenvalue weighted by molar-refractivity contribution is 6.31. The molecule has 0 saturated carbocycles. The Morgan fingerprint density at radius 1 is 0.973 bits per heavy atom. The molecule has 4 heterocycles. The SMILES string of the molecule is O=C(N[C@@H]1CCCN2C(=O)N(c3ccc(-n4ccccc4=O)cc3)C(=O)[C@H]12)c1cc2cc(Cl)ccc2[nH]1. The Kier molecular flexibility index (Phi) is 5.57. The molecule has 2 saturated heterocycles. The number of nitrogens with zero attached hydrogens (tertiary/aromatic N) is 3. The van der Waals surface area contributed by atoms with Crippen molar-refractivity contribution in [2.45, 2.75) is 24.9 Å². The molecule has 6 rings (SSSR count). The molecule has 0 radical (unpaired) electrons. The molecular formula is C27H22ClN5O4. The average Bonchev–Trinajstić information content (AvgIpc) is 3.43. The van der Waals surface area contributed by atoms with Crippen molar-refractivity contribution in [1.29, 1.82) is 0 Å². The van der Waals surface area contributed by atoms with E-state index in [1.165, 1.54) is 15.5 Å². The fraction of sp³-hybridized carbons (Fsp3) is 0.185. The number of amides is 4. The van der Waals surface area contributed by atoms with E-state index in [2.05, 4.69) is 10.3 Å². The van der Waals surface area contributed by atoms with Crippen LogP contribution in [0.4, 0.5) is 10.5 Å². The van der Waals surface area contributed by atoms with Crippen molar-refractivity contribution >= 4 is 46.0 Å². The summed E-state index contributed by atoms with van der Waals surface area (Å²) in [6, 6.07) is 16.8. The topological polar surface area (TPSA) is 108 Å². The molecule has 2 aliphatic heterocycles. The van der Waals surface area contributed by atoms with E-state index in [9.17, 15) is 19.2 Å². The number of hydrogen-bond acceptors (Lipinski definition) is 4. The molecule has 0 unspecified atom stereocenters. The number of hydrogen-bond donors (Lipinski definition) is 2. The molecule has 4 amide bonds. The number of anilines is 1. The molecule has 0 spiro atoms. The summed E-state index contributed by atoms with van der Waals surface area (Å²) >= 11 is 6.06. The van der Waals surface area contributed by atoms with Crippen molar-refractivity contribution in [3.8, 4) is 5.69 Å². The summed E-state index contributed by atoms with van der Waals surface area (Å²) in [7, 11) is 0. The van der Waals surface area contributed by atoms with Gasteiger partial charge in [-0.2, -0.15) is 0 Å². The van der Waals surface area contributed by atoms with Crippen molar-refractivity contribution < 1.29 is 14.4 Å². The molecule has 0 aliphatic carbocycles. The molecule has 2 aromatic heterocycles. The zero-order valence-corrected chi connectivity index (χ0v) is 20.3. The van der Waals surface area contributed by atoms with Crippen LogP contribution in [0.1, 0.15) is 23.3 Å². The number of urea groups is 1. The molecule has 2 atom stereocenters. The zero-order chi connectivity index (χ0) is 25.7. The van der Waals surface area contributed by atoms with Gasteiger partial charge in [0.1, 0.15) is 11.7 Å². The first-order chi connectivity index (χ1) is 17.9. The number of carbonyl (C=O) groups is 3. The van der Waals surface area contributed by atoms with Crippen LogP contribution in [0.3, 0.4) is 0 Å². The molecule has 9 nitrogen and oxygen atoms in total. The lowest BCUT2D eigenvalue weighted by Crippen LogP contribution is -2.55. The summed E-state index contributed by atoms with van der Waals surface area (Å²) in [5, 5.41) is 4.34. The van der Waals surface area contributed by atoms with Crippen LogP contribution in [0.25, 0.3) is 16.6 Å². The summed E-state index contributed by atoms with van der Waals surface area (Å²) < 4.78 is 1.48. The maximum Gasteiger partial charge on any atom is 0.332 e. The predicted octanol–water partition coefficient (Wildman–Crippen LogP) is 3.70. The van der Waals surface area contributed by atoms with Gasteiger partial charge < -0.3 is 15.2 Å². The number of fused-ring (bicyclic) bond motifs is 2. The standard InChI is InChI=1S/C27H22ClN5O4/c28-17-6-11-20-16(14-17)15-22(29-20)25(35)30-21-4-3-13-32-24(21)26(36)33(27(32)37)19-9-7-18(8-10-19)31-12-2-1-5-23(31)34/h1-2,5-12,14-15,21,24,29H,3-4,13H2,(H,30,35)/t21-,24+/m1/s1. The van der Waals surface area contributed by atoms with E-state index in [1.54, 1.807) is 66.9 Å². The molecule has 2 aromatic carbocycles. The van der Waals surface area contributed by atoms with Gasteiger partial charge in [-0.25, -0.2) is 9.69 Å². The lowest BCUT2D eigenvalue weighted by atomic mass is 9.96. The minimum atomic E-state index is -0.791. The number of aromatic amines is 1. The maximum atomic E-state index is 13.5. The van der Waals surface area contributed by atoms with Gasteiger partial charge in [-0.05, 0) is 67.4 Å². The lowest BCUT2D eigenvalue weighted by Gasteiger charge is -2.34. The second-order valence-corrected chi connectivity index (χ2v) is 9.59. The Morgan fingerprint density at radius 3 is 2.54 bits per heavy atom. The van der Waals surface area contributed by atoms with Gasteiger partial charge in [0.05, 0.1) is 11.7 Å². The van der Waals surface area contributed by atoms with Gasteiger partial charge in [-0.3, -0.25) is 19.0 Å². The van der Waals surface area contributed by atoms with Crippen LogP contribution < -0.4 is 15.8 Å². The van der Waals surface area contributed by atoms with Crippen molar-refractivity contribution in [1.82, 2.24) is 19.8 Å². The van der Waals surface area contributed by atoms with Gasteiger partial charge in [0.25, 0.3) is 17.4 Å². The largest absolute Gasteiger partial charge is 0.351 e. The van der Waals surface area contributed by atoms with Crippen LogP contribution in [0.2, 0.25) is 5.02 Å². The van der Waals surface area contributed by atoms with Crippen molar-refractivity contribution in [3.63, 3.8) is 0 Å². The monoisotopic (exact) mass is 515 g/mol. The van der Waals surface area contributed by atoms with Crippen LogP contribution in [0, 0.1) is 0 Å². The first-order valence-corrected chi connectivity index (χ1v) is 12.3. The summed E-state index contributed by atoms with van der Waals surface area (Å²) in [6.45, 7) is 0.431. The number of pyridine rings is 1. The summed E-state index contributed by atoms with van der Waals surface area (Å²) in [4.78, 5) is 57.7. The maximum absolute atomic E-state index is 13.5. The smallest absolute Gasteiger partial charge is 0.332 e. The summed E-state index contributed by atoms with van der Waals surface area (Å²) in [5.74, 6) is -0.737. The molecule has 2 aliphatic rings. The highest BCUT2D eigenvalue weighted by Crippen LogP contribution is 2.32. The molecule has 2 fully saturated rings. The lowest BCUT2D eigenvalue weighted by molar-refractivity contribution is -0.121. The number of imide groups is 1. The Hall–Kier alpha value is -4.37. The minimum absolute atomic E-state index is 0.183. The van der Waals surface area contributed by atoms with E-state index < -0.39 is 18.1 Å². The van der Waals surface area contributed by atoms with Crippen LogP contribution >= 0.6 is 11.6 Å². The van der Waals surface area contributed by atoms with E-state index in [-0.39, 0.29) is 17.4 Å². The number of benzene rings is 2. The third kappa shape index (κ3) is 3.97. The number of nitrogens with one attached hydrogen (secondary N) is 2. The third-order valence-corrected chi connectivity index (χ3v) is 7.13. The van der Waals surface area contributed by atoms with Crippen molar-refractivity contribution in [2.24, 2.45) is 0 Å². The quantitative estimate of drug-likeness (QED) is 0.404. The normalized spacial score (nSPS) is 19.4.